The van der Waals surface area contributed by atoms with Crippen molar-refractivity contribution in [3.63, 3.8) is 0 Å². The highest BCUT2D eigenvalue weighted by atomic mass is 32.1. The molecule has 12 heteroatoms. The Hall–Kier alpha value is -3.54. The first-order valence-electron chi connectivity index (χ1n) is 11.3. The van der Waals surface area contributed by atoms with Crippen molar-refractivity contribution in [3.8, 4) is 17.2 Å². The summed E-state index contributed by atoms with van der Waals surface area (Å²) < 4.78 is 20.9. The van der Waals surface area contributed by atoms with Crippen LogP contribution in [0.1, 0.15) is 59.9 Å². The second kappa shape index (κ2) is 12.2. The zero-order valence-corrected chi connectivity index (χ0v) is 21.0. The van der Waals surface area contributed by atoms with Crippen molar-refractivity contribution in [3.05, 3.63) is 28.8 Å². The lowest BCUT2D eigenvalue weighted by atomic mass is 9.96. The van der Waals surface area contributed by atoms with Crippen LogP contribution >= 0.6 is 11.3 Å². The van der Waals surface area contributed by atoms with Crippen LogP contribution in [0.5, 0.6) is 17.2 Å². The topological polar surface area (TPSA) is 128 Å². The Bertz CT molecular complexity index is 1030. The largest absolute Gasteiger partial charge is 0.493 e. The number of nitrogens with zero attached hydrogens (tertiary/aromatic N) is 2. The number of methoxy groups -OCH3 is 3. The molecule has 3 rings (SSSR count). The third-order valence-corrected chi connectivity index (χ3v) is 6.27. The van der Waals surface area contributed by atoms with Gasteiger partial charge in [-0.1, -0.05) is 19.3 Å². The van der Waals surface area contributed by atoms with E-state index in [0.717, 1.165) is 48.4 Å². The molecule has 35 heavy (non-hydrogen) atoms. The zero-order valence-electron chi connectivity index (χ0n) is 20.2. The molecular weight excluding hydrogens is 476 g/mol. The number of hydrazine groups is 1. The predicted molar refractivity (Wildman–Crippen MR) is 130 cm³/mol. The highest BCUT2D eigenvalue weighted by molar-refractivity contribution is 7.14. The molecule has 0 atom stereocenters. The summed E-state index contributed by atoms with van der Waals surface area (Å²) in [6.07, 6.45) is 4.88. The Balaban J connectivity index is 1.89. The number of carbonyl (C=O) groups excluding carboxylic acids is 3. The van der Waals surface area contributed by atoms with Gasteiger partial charge in [0.05, 0.1) is 27.9 Å². The monoisotopic (exact) mass is 506 g/mol. The fourth-order valence-electron chi connectivity index (χ4n) is 3.72. The van der Waals surface area contributed by atoms with E-state index in [1.54, 1.807) is 6.92 Å². The highest BCUT2D eigenvalue weighted by Gasteiger charge is 2.27. The van der Waals surface area contributed by atoms with E-state index in [2.05, 4.69) is 15.7 Å². The van der Waals surface area contributed by atoms with Crippen molar-refractivity contribution >= 4 is 34.4 Å². The third kappa shape index (κ3) is 6.32. The summed E-state index contributed by atoms with van der Waals surface area (Å²) >= 11 is 1.03. The van der Waals surface area contributed by atoms with Crippen LogP contribution in [0.3, 0.4) is 0 Å². The SMILES string of the molecule is CCOC(=O)c1csc(N(NC(=O)c2cc(OC)c(OC)c(OC)c2)C(=O)NC2CCCCC2)n1. The maximum atomic E-state index is 13.2. The molecule has 1 heterocycles. The van der Waals surface area contributed by atoms with Crippen molar-refractivity contribution in [1.82, 2.24) is 15.7 Å². The molecule has 1 fully saturated rings. The first kappa shape index (κ1) is 26.1. The van der Waals surface area contributed by atoms with Crippen molar-refractivity contribution in [2.24, 2.45) is 0 Å². The number of nitrogens with one attached hydrogen (secondary N) is 2. The maximum Gasteiger partial charge on any atom is 0.357 e. The number of ether oxygens (including phenoxy) is 4. The van der Waals surface area contributed by atoms with E-state index < -0.39 is 17.9 Å². The number of thiazole rings is 1. The molecule has 0 saturated heterocycles. The van der Waals surface area contributed by atoms with Crippen LogP contribution in [-0.2, 0) is 4.74 Å². The molecule has 1 aliphatic rings. The fraction of sp³-hybridized carbons (Fsp3) is 0.478. The Morgan fingerprint density at radius 1 is 1.06 bits per heavy atom. The van der Waals surface area contributed by atoms with Crippen LogP contribution < -0.4 is 30.0 Å². The number of hydrogen-bond acceptors (Lipinski definition) is 9. The van der Waals surface area contributed by atoms with Gasteiger partial charge in [0, 0.05) is 17.0 Å². The van der Waals surface area contributed by atoms with E-state index >= 15 is 0 Å². The number of anilines is 1. The van der Waals surface area contributed by atoms with Gasteiger partial charge in [0.25, 0.3) is 5.91 Å². The third-order valence-electron chi connectivity index (χ3n) is 5.44. The molecule has 1 saturated carbocycles. The van der Waals surface area contributed by atoms with Crippen LogP contribution in [0.25, 0.3) is 0 Å². The van der Waals surface area contributed by atoms with E-state index in [1.807, 2.05) is 0 Å². The van der Waals surface area contributed by atoms with Crippen molar-refractivity contribution in [2.75, 3.05) is 32.9 Å². The standard InChI is InChI=1S/C23H30N4O7S/c1-5-34-21(29)16-13-35-23(25-16)27(22(30)24-15-9-7-6-8-10-15)26-20(28)14-11-17(31-2)19(33-4)18(12-14)32-3/h11-13,15H,5-10H2,1-4H3,(H,24,30)(H,26,28). The molecule has 0 radical (unpaired) electrons. The number of amides is 3. The van der Waals surface area contributed by atoms with Gasteiger partial charge < -0.3 is 24.3 Å². The molecule has 3 amide bonds. The molecule has 2 N–H and O–H groups in total. The lowest BCUT2D eigenvalue weighted by Crippen LogP contribution is -2.53. The van der Waals surface area contributed by atoms with Crippen molar-refractivity contribution in [1.29, 1.82) is 0 Å². The summed E-state index contributed by atoms with van der Waals surface area (Å²) in [5, 5.41) is 5.55. The number of benzene rings is 1. The Kier molecular flexibility index (Phi) is 9.12. The minimum absolute atomic E-state index is 0.0127. The van der Waals surface area contributed by atoms with E-state index in [1.165, 1.54) is 38.8 Å². The second-order valence-electron chi connectivity index (χ2n) is 7.71. The second-order valence-corrected chi connectivity index (χ2v) is 8.55. The van der Waals surface area contributed by atoms with Crippen LogP contribution in [0.4, 0.5) is 9.93 Å². The molecule has 0 aliphatic heterocycles. The first-order valence-corrected chi connectivity index (χ1v) is 12.1. The van der Waals surface area contributed by atoms with Gasteiger partial charge in [0.2, 0.25) is 10.9 Å². The summed E-state index contributed by atoms with van der Waals surface area (Å²) in [5.74, 6) is -0.324. The van der Waals surface area contributed by atoms with Crippen LogP contribution in [0.2, 0.25) is 0 Å². The molecule has 1 aromatic carbocycles. The minimum Gasteiger partial charge on any atom is -0.493 e. The van der Waals surface area contributed by atoms with Crippen LogP contribution in [-0.4, -0.2) is 56.9 Å². The fourth-order valence-corrected chi connectivity index (χ4v) is 4.47. The Morgan fingerprint density at radius 2 is 1.71 bits per heavy atom. The van der Waals surface area contributed by atoms with Gasteiger partial charge in [0.1, 0.15) is 0 Å². The van der Waals surface area contributed by atoms with Gasteiger partial charge in [0.15, 0.2) is 17.2 Å². The average Bonchev–Trinajstić information content (AvgIpc) is 3.37. The highest BCUT2D eigenvalue weighted by Crippen LogP contribution is 2.38. The number of urea groups is 1. The number of carbonyl (C=O) groups is 3. The smallest absolute Gasteiger partial charge is 0.357 e. The first-order chi connectivity index (χ1) is 16.9. The molecule has 1 aliphatic carbocycles. The normalized spacial score (nSPS) is 13.5. The predicted octanol–water partition coefficient (Wildman–Crippen LogP) is 3.54. The maximum absolute atomic E-state index is 13.2. The molecule has 11 nitrogen and oxygen atoms in total. The van der Waals surface area contributed by atoms with E-state index in [9.17, 15) is 14.4 Å². The van der Waals surface area contributed by atoms with Gasteiger partial charge in [-0.2, -0.15) is 5.01 Å². The quantitative estimate of drug-likeness (QED) is 0.411. The average molecular weight is 507 g/mol. The zero-order chi connectivity index (χ0) is 25.4. The van der Waals surface area contributed by atoms with Gasteiger partial charge in [-0.15, -0.1) is 11.3 Å². The molecule has 1 aromatic heterocycles. The summed E-state index contributed by atoms with van der Waals surface area (Å²) in [6, 6.07) is 2.38. The minimum atomic E-state index is -0.615. The van der Waals surface area contributed by atoms with Gasteiger partial charge in [-0.05, 0) is 31.9 Å². The number of esters is 1. The van der Waals surface area contributed by atoms with E-state index in [0.29, 0.717) is 5.75 Å². The number of aromatic nitrogens is 1. The summed E-state index contributed by atoms with van der Waals surface area (Å²) in [6.45, 7) is 1.88. The van der Waals surface area contributed by atoms with Gasteiger partial charge >= 0.3 is 12.0 Å². The summed E-state index contributed by atoms with van der Waals surface area (Å²) in [4.78, 5) is 42.7. The number of hydrogen-bond donors (Lipinski definition) is 2. The molecule has 0 bridgehead atoms. The molecule has 190 valence electrons. The summed E-state index contributed by atoms with van der Waals surface area (Å²) in [7, 11) is 4.34. The summed E-state index contributed by atoms with van der Waals surface area (Å²) in [5.41, 5.74) is 2.80. The Labute approximate surface area is 207 Å². The lowest BCUT2D eigenvalue weighted by molar-refractivity contribution is 0.0520. The van der Waals surface area contributed by atoms with Crippen molar-refractivity contribution in [2.45, 2.75) is 45.1 Å². The van der Waals surface area contributed by atoms with E-state index in [4.69, 9.17) is 18.9 Å². The molecule has 2 aromatic rings. The Morgan fingerprint density at radius 3 is 2.29 bits per heavy atom. The molecule has 0 unspecified atom stereocenters. The van der Waals surface area contributed by atoms with Gasteiger partial charge in [-0.3, -0.25) is 10.2 Å². The van der Waals surface area contributed by atoms with Gasteiger partial charge in [-0.25, -0.2) is 14.6 Å². The number of rotatable bonds is 8. The lowest BCUT2D eigenvalue weighted by Gasteiger charge is -2.27. The molecular formula is C23H30N4O7S. The van der Waals surface area contributed by atoms with E-state index in [-0.39, 0.29) is 40.5 Å². The van der Waals surface area contributed by atoms with Crippen LogP contribution in [0.15, 0.2) is 17.5 Å². The molecule has 0 spiro atoms. The van der Waals surface area contributed by atoms with Crippen molar-refractivity contribution < 1.29 is 33.3 Å². The van der Waals surface area contributed by atoms with Crippen LogP contribution in [0, 0.1) is 0 Å².